The Morgan fingerprint density at radius 1 is 0.857 bits per heavy atom. The van der Waals surface area contributed by atoms with Gasteiger partial charge in [0.1, 0.15) is 0 Å². The van der Waals surface area contributed by atoms with Gasteiger partial charge in [0.25, 0.3) is 0 Å². The second-order valence-electron chi connectivity index (χ2n) is 1.84. The van der Waals surface area contributed by atoms with E-state index >= 15 is 0 Å². The van der Waals surface area contributed by atoms with Crippen molar-refractivity contribution in [2.75, 3.05) is 0 Å². The molecule has 14 heavy (non-hydrogen) atoms. The molecular formula is C13H25Y-. The number of aryl methyl sites for hydroxylation is 1. The molecule has 0 spiro atoms. The minimum atomic E-state index is 0. The number of hydrogen-bond donors (Lipinski definition) is 0. The summed E-state index contributed by atoms with van der Waals surface area (Å²) < 4.78 is 0. The predicted molar refractivity (Wildman–Crippen MR) is 64.9 cm³/mol. The molecule has 1 heteroatoms. The third-order valence-electron chi connectivity index (χ3n) is 1.25. The normalized spacial score (nSPS) is 6.07. The summed E-state index contributed by atoms with van der Waals surface area (Å²) in [7, 11) is 0. The Kier molecular flexibility index (Phi) is 39.7. The number of benzene rings is 1. The molecule has 0 aromatic heterocycles. The zero-order valence-corrected chi connectivity index (χ0v) is 13.5. The van der Waals surface area contributed by atoms with Crippen molar-refractivity contribution in [2.45, 2.75) is 41.0 Å². The fraction of sp³-hybridized carbons (Fsp3) is 0.462. The summed E-state index contributed by atoms with van der Waals surface area (Å²) in [6.45, 7) is 10.2. The summed E-state index contributed by atoms with van der Waals surface area (Å²) in [4.78, 5) is 0. The molecule has 0 unspecified atom stereocenters. The van der Waals surface area contributed by atoms with Crippen molar-refractivity contribution in [3.8, 4) is 0 Å². The first-order valence-electron chi connectivity index (χ1n) is 4.97. The van der Waals surface area contributed by atoms with Crippen molar-refractivity contribution in [1.29, 1.82) is 0 Å². The molecule has 0 saturated heterocycles. The van der Waals surface area contributed by atoms with Gasteiger partial charge in [-0.25, -0.2) is 0 Å². The Hall–Kier alpha value is 0.324. The summed E-state index contributed by atoms with van der Waals surface area (Å²) in [6, 6.07) is 10.5. The van der Waals surface area contributed by atoms with Crippen LogP contribution in [0.2, 0.25) is 0 Å². The van der Waals surface area contributed by atoms with E-state index in [1.165, 1.54) is 5.56 Å². The van der Waals surface area contributed by atoms with Gasteiger partial charge in [-0.3, -0.25) is 0 Å². The Balaban J connectivity index is -0.0000000750. The molecule has 0 aliphatic heterocycles. The van der Waals surface area contributed by atoms with Crippen LogP contribution in [0.1, 0.15) is 40.2 Å². The fourth-order valence-corrected chi connectivity index (χ4v) is 0.714. The molecule has 0 amide bonds. The molecule has 0 aliphatic carbocycles. The third kappa shape index (κ3) is 14.8. The van der Waals surface area contributed by atoms with Gasteiger partial charge in [-0.05, 0) is 12.0 Å². The van der Waals surface area contributed by atoms with Gasteiger partial charge in [0.15, 0.2) is 0 Å². The van der Waals surface area contributed by atoms with Gasteiger partial charge in [-0.2, -0.15) is 0 Å². The molecular weight excluding hydrogens is 245 g/mol. The van der Waals surface area contributed by atoms with Gasteiger partial charge in [0.05, 0.1) is 0 Å². The summed E-state index contributed by atoms with van der Waals surface area (Å²) in [5.41, 5.74) is 1.41. The van der Waals surface area contributed by atoms with Crippen LogP contribution in [0, 0.1) is 7.43 Å². The SMILES string of the molecule is CC.CC.CCc1ccccc1.[CH3-].[Y]. The standard InChI is InChI=1S/C8H10.2C2H6.CH3.Y/c1-2-8-6-4-3-5-7-8;2*1-2;;/h3-7H,2H2,1H3;2*1-2H3;1H3;/q;;;-1;. The molecule has 0 aliphatic rings. The van der Waals surface area contributed by atoms with E-state index in [9.17, 15) is 0 Å². The molecule has 0 atom stereocenters. The summed E-state index contributed by atoms with van der Waals surface area (Å²) in [5, 5.41) is 0. The molecule has 0 bridgehead atoms. The molecule has 81 valence electrons. The molecule has 0 N–H and O–H groups in total. The van der Waals surface area contributed by atoms with E-state index in [0.29, 0.717) is 0 Å². The van der Waals surface area contributed by atoms with Gasteiger partial charge in [-0.1, -0.05) is 65.0 Å². The topological polar surface area (TPSA) is 0 Å². The number of hydrogen-bond acceptors (Lipinski definition) is 0. The summed E-state index contributed by atoms with van der Waals surface area (Å²) in [6.07, 6.45) is 1.14. The monoisotopic (exact) mass is 270 g/mol. The summed E-state index contributed by atoms with van der Waals surface area (Å²) in [5.74, 6) is 0. The van der Waals surface area contributed by atoms with Crippen molar-refractivity contribution in [3.63, 3.8) is 0 Å². The first-order valence-corrected chi connectivity index (χ1v) is 4.97. The van der Waals surface area contributed by atoms with E-state index in [0.717, 1.165) is 6.42 Å². The van der Waals surface area contributed by atoms with Crippen molar-refractivity contribution in [3.05, 3.63) is 43.3 Å². The predicted octanol–water partition coefficient (Wildman–Crippen LogP) is 4.75. The van der Waals surface area contributed by atoms with E-state index < -0.39 is 0 Å². The number of rotatable bonds is 1. The van der Waals surface area contributed by atoms with Crippen LogP contribution in [0.3, 0.4) is 0 Å². The zero-order chi connectivity index (χ0) is 9.82. The van der Waals surface area contributed by atoms with Gasteiger partial charge in [0, 0.05) is 32.7 Å². The minimum absolute atomic E-state index is 0. The van der Waals surface area contributed by atoms with Crippen LogP contribution in [-0.4, -0.2) is 0 Å². The van der Waals surface area contributed by atoms with E-state index in [1.807, 2.05) is 33.8 Å². The molecule has 1 radical (unpaired) electrons. The molecule has 0 fully saturated rings. The van der Waals surface area contributed by atoms with Gasteiger partial charge >= 0.3 is 0 Å². The average Bonchev–Trinajstić information content (AvgIpc) is 2.25. The zero-order valence-electron chi connectivity index (χ0n) is 10.7. The van der Waals surface area contributed by atoms with Crippen molar-refractivity contribution >= 4 is 0 Å². The van der Waals surface area contributed by atoms with E-state index in [1.54, 1.807) is 0 Å². The third-order valence-corrected chi connectivity index (χ3v) is 1.25. The van der Waals surface area contributed by atoms with Crippen LogP contribution in [0.15, 0.2) is 30.3 Å². The van der Waals surface area contributed by atoms with Crippen molar-refractivity contribution < 1.29 is 32.7 Å². The van der Waals surface area contributed by atoms with Crippen molar-refractivity contribution in [1.82, 2.24) is 0 Å². The Labute approximate surface area is 116 Å². The first-order chi connectivity index (χ1) is 5.93. The maximum absolute atomic E-state index is 2.16. The van der Waals surface area contributed by atoms with E-state index in [2.05, 4.69) is 31.2 Å². The average molecular weight is 270 g/mol. The fourth-order valence-electron chi connectivity index (χ4n) is 0.714. The van der Waals surface area contributed by atoms with Crippen LogP contribution >= 0.6 is 0 Å². The molecule has 0 heterocycles. The van der Waals surface area contributed by atoms with Gasteiger partial charge < -0.3 is 7.43 Å². The van der Waals surface area contributed by atoms with Crippen molar-refractivity contribution in [2.24, 2.45) is 0 Å². The van der Waals surface area contributed by atoms with Crippen LogP contribution in [0.4, 0.5) is 0 Å². The van der Waals surface area contributed by atoms with E-state index in [4.69, 9.17) is 0 Å². The quantitative estimate of drug-likeness (QED) is 0.646. The van der Waals surface area contributed by atoms with Gasteiger partial charge in [0.2, 0.25) is 0 Å². The molecule has 0 nitrogen and oxygen atoms in total. The summed E-state index contributed by atoms with van der Waals surface area (Å²) >= 11 is 0. The molecule has 1 aromatic rings. The Bertz CT molecular complexity index is 147. The largest absolute Gasteiger partial charge is 0.358 e. The Morgan fingerprint density at radius 3 is 1.43 bits per heavy atom. The maximum Gasteiger partial charge on any atom is 0 e. The second-order valence-corrected chi connectivity index (χ2v) is 1.84. The van der Waals surface area contributed by atoms with Crippen LogP contribution in [0.25, 0.3) is 0 Å². The molecule has 1 aromatic carbocycles. The Morgan fingerprint density at radius 2 is 1.21 bits per heavy atom. The van der Waals surface area contributed by atoms with Crippen LogP contribution in [-0.2, 0) is 39.1 Å². The van der Waals surface area contributed by atoms with Gasteiger partial charge in [-0.15, -0.1) is 0 Å². The smallest absolute Gasteiger partial charge is 0 e. The van der Waals surface area contributed by atoms with Crippen LogP contribution in [0.5, 0.6) is 0 Å². The van der Waals surface area contributed by atoms with E-state index in [-0.39, 0.29) is 40.1 Å². The second kappa shape index (κ2) is 23.3. The molecule has 0 saturated carbocycles. The first kappa shape index (κ1) is 23.9. The maximum atomic E-state index is 2.16. The van der Waals surface area contributed by atoms with Crippen LogP contribution < -0.4 is 0 Å². The molecule has 1 rings (SSSR count). The minimum Gasteiger partial charge on any atom is -0.358 e.